The van der Waals surface area contributed by atoms with E-state index in [1.165, 1.54) is 6.20 Å². The van der Waals surface area contributed by atoms with Crippen molar-refractivity contribution in [2.24, 2.45) is 0 Å². The van der Waals surface area contributed by atoms with Crippen LogP contribution >= 0.6 is 0 Å². The van der Waals surface area contributed by atoms with Gasteiger partial charge in [-0.3, -0.25) is 4.94 Å². The first-order valence-corrected chi connectivity index (χ1v) is 5.75. The van der Waals surface area contributed by atoms with E-state index in [4.69, 9.17) is 0 Å². The average Bonchev–Trinajstić information content (AvgIpc) is 2.82. The highest BCUT2D eigenvalue weighted by molar-refractivity contribution is 5.91. The number of carbonyl (C=O) groups excluding carboxylic acids is 1. The third kappa shape index (κ3) is 1.86. The van der Waals surface area contributed by atoms with E-state index in [1.807, 2.05) is 12.1 Å². The summed E-state index contributed by atoms with van der Waals surface area (Å²) in [5.41, 5.74) is -0.848. The maximum absolute atomic E-state index is 12.2. The van der Waals surface area contributed by atoms with Crippen LogP contribution in [0.4, 0.5) is 4.53 Å². The van der Waals surface area contributed by atoms with E-state index < -0.39 is 11.6 Å². The van der Waals surface area contributed by atoms with Crippen LogP contribution in [-0.2, 0) is 15.3 Å². The fourth-order valence-corrected chi connectivity index (χ4v) is 2.19. The highest BCUT2D eigenvalue weighted by Crippen LogP contribution is 2.33. The van der Waals surface area contributed by atoms with Crippen LogP contribution in [0.5, 0.6) is 0 Å². The van der Waals surface area contributed by atoms with Gasteiger partial charge in [0, 0.05) is 27.2 Å². The summed E-state index contributed by atoms with van der Waals surface area (Å²) in [5, 5.41) is 11.1. The molecule has 0 saturated carbocycles. The summed E-state index contributed by atoms with van der Waals surface area (Å²) in [6.07, 6.45) is 2.12. The van der Waals surface area contributed by atoms with Crippen molar-refractivity contribution in [3.05, 3.63) is 36.0 Å². The lowest BCUT2D eigenvalue weighted by atomic mass is 9.89. The molecule has 0 amide bonds. The second-order valence-electron chi connectivity index (χ2n) is 4.22. The molecule has 0 aliphatic heterocycles. The Kier molecular flexibility index (Phi) is 3.34. The van der Waals surface area contributed by atoms with Gasteiger partial charge in [0.05, 0.1) is 0 Å². The third-order valence-electron chi connectivity index (χ3n) is 3.05. The largest absolute Gasteiger partial charge is 0.384 e. The van der Waals surface area contributed by atoms with Gasteiger partial charge in [0.25, 0.3) is 0 Å². The number of fused-ring (bicyclic) bond motifs is 1. The van der Waals surface area contributed by atoms with E-state index in [1.54, 1.807) is 19.1 Å². The lowest BCUT2D eigenvalue weighted by Crippen LogP contribution is -2.35. The maximum atomic E-state index is 12.2. The molecule has 2 rings (SSSR count). The van der Waals surface area contributed by atoms with Gasteiger partial charge in [0.2, 0.25) is 0 Å². The van der Waals surface area contributed by atoms with Crippen LogP contribution in [0.25, 0.3) is 10.9 Å². The number of para-hydroxylation sites is 1. The second kappa shape index (κ2) is 4.78. The second-order valence-corrected chi connectivity index (χ2v) is 4.22. The van der Waals surface area contributed by atoms with Crippen molar-refractivity contribution in [3.63, 3.8) is 0 Å². The van der Waals surface area contributed by atoms with Crippen LogP contribution < -0.4 is 0 Å². The molecule has 1 atom stereocenters. The van der Waals surface area contributed by atoms with E-state index in [9.17, 15) is 14.4 Å². The van der Waals surface area contributed by atoms with Gasteiger partial charge in [-0.05, 0) is 12.5 Å². The van der Waals surface area contributed by atoms with Crippen molar-refractivity contribution in [1.29, 1.82) is 0 Å². The number of nitrogens with one attached hydrogen (secondary N) is 1. The number of carbonyl (C=O) groups is 1. The van der Waals surface area contributed by atoms with Crippen LogP contribution in [0, 0.1) is 0 Å². The van der Waals surface area contributed by atoms with Crippen molar-refractivity contribution >= 4 is 16.9 Å². The molecule has 0 fully saturated rings. The molecule has 1 unspecified atom stereocenters. The molecule has 1 aromatic carbocycles. The summed E-state index contributed by atoms with van der Waals surface area (Å²) in [5.74, 6) is -1.28. The Balaban J connectivity index is 2.58. The number of H-pyrrole nitrogens is 1. The summed E-state index contributed by atoms with van der Waals surface area (Å²) < 4.78 is 12.2. The molecule has 0 saturated heterocycles. The molecule has 0 bridgehead atoms. The number of aromatic amines is 1. The Morgan fingerprint density at radius 3 is 2.89 bits per heavy atom. The van der Waals surface area contributed by atoms with Crippen molar-refractivity contribution in [2.75, 3.05) is 0 Å². The molecular weight excluding hydrogens is 237 g/mol. The minimum absolute atomic E-state index is 0.0948. The van der Waals surface area contributed by atoms with Crippen LogP contribution in [-0.4, -0.2) is 16.1 Å². The molecule has 96 valence electrons. The summed E-state index contributed by atoms with van der Waals surface area (Å²) in [6.45, 7) is 1.80. The van der Waals surface area contributed by atoms with Gasteiger partial charge in [-0.15, -0.1) is 0 Å². The SMILES string of the molecule is CCCC(O)(C(=O)OF)c1c[nH]c2ccccc12. The van der Waals surface area contributed by atoms with Gasteiger partial charge in [0.1, 0.15) is 0 Å². The highest BCUT2D eigenvalue weighted by Gasteiger charge is 2.41. The molecule has 1 aromatic heterocycles. The van der Waals surface area contributed by atoms with Gasteiger partial charge in [-0.1, -0.05) is 31.5 Å². The normalized spacial score (nSPS) is 14.4. The van der Waals surface area contributed by atoms with Gasteiger partial charge in [-0.2, -0.15) is 0 Å². The molecule has 1 heterocycles. The smallest absolute Gasteiger partial charge is 0.374 e. The Bertz CT molecular complexity index is 566. The van der Waals surface area contributed by atoms with E-state index in [0.717, 1.165) is 5.52 Å². The summed E-state index contributed by atoms with van der Waals surface area (Å²) >= 11 is 0. The van der Waals surface area contributed by atoms with Crippen LogP contribution in [0.15, 0.2) is 30.5 Å². The number of rotatable bonds is 4. The zero-order valence-electron chi connectivity index (χ0n) is 9.94. The van der Waals surface area contributed by atoms with Crippen LogP contribution in [0.3, 0.4) is 0 Å². The summed E-state index contributed by atoms with van der Waals surface area (Å²) in [6, 6.07) is 7.18. The molecule has 5 heteroatoms. The topological polar surface area (TPSA) is 62.3 Å². The first-order chi connectivity index (χ1) is 8.63. The highest BCUT2D eigenvalue weighted by atomic mass is 19.3. The van der Waals surface area contributed by atoms with Gasteiger partial charge >= 0.3 is 5.97 Å². The van der Waals surface area contributed by atoms with Crippen molar-refractivity contribution < 1.29 is 19.4 Å². The lowest BCUT2D eigenvalue weighted by Gasteiger charge is -2.22. The van der Waals surface area contributed by atoms with Crippen LogP contribution in [0.2, 0.25) is 0 Å². The number of benzene rings is 1. The van der Waals surface area contributed by atoms with Crippen molar-refractivity contribution in [3.8, 4) is 0 Å². The van der Waals surface area contributed by atoms with Crippen molar-refractivity contribution in [2.45, 2.75) is 25.4 Å². The zero-order chi connectivity index (χ0) is 13.2. The number of hydrogen-bond acceptors (Lipinski definition) is 3. The van der Waals surface area contributed by atoms with Crippen molar-refractivity contribution in [1.82, 2.24) is 4.98 Å². The molecule has 18 heavy (non-hydrogen) atoms. The van der Waals surface area contributed by atoms with E-state index >= 15 is 0 Å². The molecule has 4 nitrogen and oxygen atoms in total. The molecule has 0 aliphatic carbocycles. The number of hydrogen-bond donors (Lipinski definition) is 2. The van der Waals surface area contributed by atoms with E-state index in [2.05, 4.69) is 9.93 Å². The first-order valence-electron chi connectivity index (χ1n) is 5.75. The van der Waals surface area contributed by atoms with E-state index in [-0.39, 0.29) is 6.42 Å². The number of aliphatic hydroxyl groups is 1. The van der Waals surface area contributed by atoms with Gasteiger partial charge in [-0.25, -0.2) is 4.79 Å². The predicted molar refractivity (Wildman–Crippen MR) is 64.3 cm³/mol. The molecule has 0 spiro atoms. The number of halogens is 1. The van der Waals surface area contributed by atoms with Crippen LogP contribution in [0.1, 0.15) is 25.3 Å². The fourth-order valence-electron chi connectivity index (χ4n) is 2.19. The predicted octanol–water partition coefficient (Wildman–Crippen LogP) is 2.58. The monoisotopic (exact) mass is 251 g/mol. The molecular formula is C13H14FNO3. The molecule has 0 radical (unpaired) electrons. The molecule has 0 aliphatic rings. The standard InChI is InChI=1S/C13H14FNO3/c1-2-7-13(17,12(16)18-14)10-8-15-11-6-4-3-5-9(10)11/h3-6,8,15,17H,2,7H2,1H3. The Labute approximate surface area is 103 Å². The quantitative estimate of drug-likeness (QED) is 0.877. The van der Waals surface area contributed by atoms with Gasteiger partial charge < -0.3 is 10.1 Å². The third-order valence-corrected chi connectivity index (χ3v) is 3.05. The minimum atomic E-state index is -1.96. The Hall–Kier alpha value is -1.88. The lowest BCUT2D eigenvalue weighted by molar-refractivity contribution is -0.207. The first kappa shape index (κ1) is 12.6. The average molecular weight is 251 g/mol. The Morgan fingerprint density at radius 2 is 2.22 bits per heavy atom. The fraction of sp³-hybridized carbons (Fsp3) is 0.308. The Morgan fingerprint density at radius 1 is 1.50 bits per heavy atom. The van der Waals surface area contributed by atoms with E-state index in [0.29, 0.717) is 17.4 Å². The minimum Gasteiger partial charge on any atom is -0.374 e. The maximum Gasteiger partial charge on any atom is 0.384 e. The van der Waals surface area contributed by atoms with Gasteiger partial charge in [0.15, 0.2) is 5.60 Å². The number of aromatic nitrogens is 1. The molecule has 2 N–H and O–H groups in total. The zero-order valence-corrected chi connectivity index (χ0v) is 9.94. The summed E-state index contributed by atoms with van der Waals surface area (Å²) in [7, 11) is 0. The molecule has 2 aromatic rings. The summed E-state index contributed by atoms with van der Waals surface area (Å²) in [4.78, 5) is 17.7.